The molecule has 0 unspecified atom stereocenters. The van der Waals surface area contributed by atoms with E-state index in [1.54, 1.807) is 0 Å². The van der Waals surface area contributed by atoms with Crippen molar-refractivity contribution in [3.63, 3.8) is 0 Å². The van der Waals surface area contributed by atoms with Gasteiger partial charge in [0, 0.05) is 19.1 Å². The maximum absolute atomic E-state index is 13.5. The van der Waals surface area contributed by atoms with Crippen molar-refractivity contribution < 1.29 is 12.8 Å². The van der Waals surface area contributed by atoms with Gasteiger partial charge >= 0.3 is 0 Å². The summed E-state index contributed by atoms with van der Waals surface area (Å²) in [7, 11) is -3.82. The Balaban J connectivity index is 2.31. The third-order valence-corrected chi connectivity index (χ3v) is 4.14. The second-order valence-electron chi connectivity index (χ2n) is 3.53. The molecule has 2 N–H and O–H groups in total. The third kappa shape index (κ3) is 2.20. The molecular formula is C9H10ClFN2O2S. The highest BCUT2D eigenvalue weighted by atomic mass is 35.5. The van der Waals surface area contributed by atoms with Crippen LogP contribution in [0.1, 0.15) is 0 Å². The van der Waals surface area contributed by atoms with Gasteiger partial charge in [0.1, 0.15) is 4.90 Å². The summed E-state index contributed by atoms with van der Waals surface area (Å²) in [6, 6.07) is 3.72. The molecule has 7 heteroatoms. The first-order valence-electron chi connectivity index (χ1n) is 4.68. The molecule has 1 heterocycles. The summed E-state index contributed by atoms with van der Waals surface area (Å²) < 4.78 is 39.4. The van der Waals surface area contributed by atoms with Gasteiger partial charge in [0.2, 0.25) is 10.0 Å². The van der Waals surface area contributed by atoms with Crippen LogP contribution in [0.25, 0.3) is 0 Å². The molecule has 0 bridgehead atoms. The number of benzene rings is 1. The lowest BCUT2D eigenvalue weighted by atomic mass is 10.2. The molecule has 16 heavy (non-hydrogen) atoms. The zero-order valence-electron chi connectivity index (χ0n) is 8.20. The molecule has 1 aromatic carbocycles. The molecule has 88 valence electrons. The van der Waals surface area contributed by atoms with E-state index in [0.29, 0.717) is 13.1 Å². The van der Waals surface area contributed by atoms with Crippen LogP contribution in [0, 0.1) is 5.82 Å². The summed E-state index contributed by atoms with van der Waals surface area (Å²) in [5.41, 5.74) is 0. The second kappa shape index (κ2) is 4.29. The highest BCUT2D eigenvalue weighted by Crippen LogP contribution is 2.21. The van der Waals surface area contributed by atoms with Gasteiger partial charge in [-0.05, 0) is 12.1 Å². The van der Waals surface area contributed by atoms with Crippen molar-refractivity contribution >= 4 is 21.6 Å². The molecule has 1 saturated heterocycles. The van der Waals surface area contributed by atoms with Crippen molar-refractivity contribution in [2.24, 2.45) is 0 Å². The highest BCUT2D eigenvalue weighted by molar-refractivity contribution is 7.89. The lowest BCUT2D eigenvalue weighted by Gasteiger charge is -2.27. The van der Waals surface area contributed by atoms with E-state index in [4.69, 9.17) is 11.6 Å². The fraction of sp³-hybridized carbons (Fsp3) is 0.333. The van der Waals surface area contributed by atoms with Gasteiger partial charge in [-0.15, -0.1) is 0 Å². The molecule has 0 spiro atoms. The molecule has 0 aliphatic carbocycles. The van der Waals surface area contributed by atoms with Gasteiger partial charge < -0.3 is 5.32 Å². The second-order valence-corrected chi connectivity index (χ2v) is 5.62. The van der Waals surface area contributed by atoms with Crippen LogP contribution in [0.5, 0.6) is 0 Å². The molecular weight excluding hydrogens is 255 g/mol. The topological polar surface area (TPSA) is 58.2 Å². The predicted molar refractivity (Wildman–Crippen MR) is 58.4 cm³/mol. The van der Waals surface area contributed by atoms with Crippen molar-refractivity contribution in [2.45, 2.75) is 10.9 Å². The lowest BCUT2D eigenvalue weighted by Crippen LogP contribution is -2.56. The first-order chi connectivity index (χ1) is 7.50. The van der Waals surface area contributed by atoms with E-state index in [1.165, 1.54) is 18.2 Å². The van der Waals surface area contributed by atoms with E-state index in [2.05, 4.69) is 10.0 Å². The average Bonchev–Trinajstić information content (AvgIpc) is 2.16. The monoisotopic (exact) mass is 264 g/mol. The fourth-order valence-corrected chi connectivity index (χ4v) is 2.91. The number of halogens is 2. The minimum absolute atomic E-state index is 0.177. The summed E-state index contributed by atoms with van der Waals surface area (Å²) in [6.45, 7) is 1.11. The van der Waals surface area contributed by atoms with E-state index < -0.39 is 20.7 Å². The van der Waals surface area contributed by atoms with Gasteiger partial charge in [-0.2, -0.15) is 0 Å². The zero-order valence-corrected chi connectivity index (χ0v) is 9.78. The van der Waals surface area contributed by atoms with E-state index in [0.717, 1.165) is 0 Å². The standard InChI is InChI=1S/C9H10ClFN2O2S/c10-7-2-1-3-8(9(7)11)16(14,15)13-6-4-12-5-6/h1-3,6,12-13H,4-5H2. The Labute approximate surface area is 97.8 Å². The van der Waals surface area contributed by atoms with Crippen LogP contribution in [-0.2, 0) is 10.0 Å². The maximum atomic E-state index is 13.5. The molecule has 4 nitrogen and oxygen atoms in total. The molecule has 0 radical (unpaired) electrons. The van der Waals surface area contributed by atoms with Crippen LogP contribution in [0.15, 0.2) is 23.1 Å². The smallest absolute Gasteiger partial charge is 0.243 e. The van der Waals surface area contributed by atoms with Crippen molar-refractivity contribution in [3.8, 4) is 0 Å². The summed E-state index contributed by atoms with van der Waals surface area (Å²) in [5.74, 6) is -0.913. The molecule has 1 aliphatic rings. The highest BCUT2D eigenvalue weighted by Gasteiger charge is 2.27. The SMILES string of the molecule is O=S(=O)(NC1CNC1)c1cccc(Cl)c1F. The minimum atomic E-state index is -3.82. The van der Waals surface area contributed by atoms with Gasteiger partial charge in [0.05, 0.1) is 5.02 Å². The van der Waals surface area contributed by atoms with E-state index in [-0.39, 0.29) is 11.1 Å². The first kappa shape index (κ1) is 11.8. The zero-order chi connectivity index (χ0) is 11.8. The summed E-state index contributed by atoms with van der Waals surface area (Å²) in [6.07, 6.45) is 0. The fourth-order valence-electron chi connectivity index (χ4n) is 1.35. The van der Waals surface area contributed by atoms with Gasteiger partial charge in [-0.25, -0.2) is 17.5 Å². The van der Waals surface area contributed by atoms with Gasteiger partial charge in [-0.3, -0.25) is 0 Å². The van der Waals surface area contributed by atoms with Crippen molar-refractivity contribution in [1.29, 1.82) is 0 Å². The quantitative estimate of drug-likeness (QED) is 0.846. The van der Waals surface area contributed by atoms with Crippen molar-refractivity contribution in [2.75, 3.05) is 13.1 Å². The number of rotatable bonds is 3. The molecule has 2 rings (SSSR count). The molecule has 0 atom stereocenters. The number of hydrogen-bond acceptors (Lipinski definition) is 3. The van der Waals surface area contributed by atoms with Crippen LogP contribution in [0.3, 0.4) is 0 Å². The van der Waals surface area contributed by atoms with E-state index in [1.807, 2.05) is 0 Å². The summed E-state index contributed by atoms with van der Waals surface area (Å²) in [5, 5.41) is 2.72. The molecule has 0 amide bonds. The van der Waals surface area contributed by atoms with E-state index >= 15 is 0 Å². The Morgan fingerprint density at radius 3 is 2.69 bits per heavy atom. The number of nitrogens with one attached hydrogen (secondary N) is 2. The number of hydrogen-bond donors (Lipinski definition) is 2. The van der Waals surface area contributed by atoms with Crippen molar-refractivity contribution in [3.05, 3.63) is 29.0 Å². The first-order valence-corrected chi connectivity index (χ1v) is 6.54. The normalized spacial score (nSPS) is 17.1. The molecule has 1 aromatic rings. The Morgan fingerprint density at radius 2 is 2.12 bits per heavy atom. The van der Waals surface area contributed by atoms with Crippen LogP contribution < -0.4 is 10.0 Å². The Bertz CT molecular complexity index is 502. The number of sulfonamides is 1. The molecule has 1 aliphatic heterocycles. The van der Waals surface area contributed by atoms with Gasteiger partial charge in [0.25, 0.3) is 0 Å². The molecule has 0 aromatic heterocycles. The average molecular weight is 265 g/mol. The maximum Gasteiger partial charge on any atom is 0.243 e. The minimum Gasteiger partial charge on any atom is -0.313 e. The van der Waals surface area contributed by atoms with Crippen LogP contribution >= 0.6 is 11.6 Å². The summed E-state index contributed by atoms with van der Waals surface area (Å²) >= 11 is 5.52. The van der Waals surface area contributed by atoms with Gasteiger partial charge in [0.15, 0.2) is 5.82 Å². The van der Waals surface area contributed by atoms with Crippen LogP contribution in [-0.4, -0.2) is 27.5 Å². The third-order valence-electron chi connectivity index (χ3n) is 2.31. The van der Waals surface area contributed by atoms with Crippen LogP contribution in [0.4, 0.5) is 4.39 Å². The Kier molecular flexibility index (Phi) is 3.16. The van der Waals surface area contributed by atoms with E-state index in [9.17, 15) is 12.8 Å². The van der Waals surface area contributed by atoms with Gasteiger partial charge in [-0.1, -0.05) is 17.7 Å². The summed E-state index contributed by atoms with van der Waals surface area (Å²) in [4.78, 5) is -0.410. The molecule has 0 saturated carbocycles. The predicted octanol–water partition coefficient (Wildman–Crippen LogP) is 0.729. The largest absolute Gasteiger partial charge is 0.313 e. The van der Waals surface area contributed by atoms with Crippen LogP contribution in [0.2, 0.25) is 5.02 Å². The Morgan fingerprint density at radius 1 is 1.44 bits per heavy atom. The Hall–Kier alpha value is -0.690. The lowest BCUT2D eigenvalue weighted by molar-refractivity contribution is 0.409. The molecule has 1 fully saturated rings. The van der Waals surface area contributed by atoms with Crippen molar-refractivity contribution in [1.82, 2.24) is 10.0 Å².